The van der Waals surface area contributed by atoms with E-state index in [1.165, 1.54) is 29.8 Å². The minimum Gasteiger partial charge on any atom is -0.312 e. The van der Waals surface area contributed by atoms with Crippen LogP contribution in [0.25, 0.3) is 0 Å². The molecule has 2 atom stereocenters. The Bertz CT molecular complexity index is 334. The summed E-state index contributed by atoms with van der Waals surface area (Å²) in [6.45, 7) is 3.27. The lowest BCUT2D eigenvalue weighted by Crippen LogP contribution is -2.39. The van der Waals surface area contributed by atoms with E-state index in [1.54, 1.807) is 0 Å². The van der Waals surface area contributed by atoms with Gasteiger partial charge >= 0.3 is 0 Å². The van der Waals surface area contributed by atoms with Crippen molar-refractivity contribution in [1.29, 1.82) is 0 Å². The fourth-order valence-electron chi connectivity index (χ4n) is 2.19. The second kappa shape index (κ2) is 6.35. The molecule has 0 saturated carbocycles. The van der Waals surface area contributed by atoms with Crippen molar-refractivity contribution >= 4 is 11.8 Å². The first-order chi connectivity index (χ1) is 8.29. The van der Waals surface area contributed by atoms with Crippen LogP contribution in [0.1, 0.15) is 32.0 Å². The van der Waals surface area contributed by atoms with E-state index in [0.717, 1.165) is 18.8 Å². The number of nitrogens with one attached hydrogen (secondary N) is 1. The zero-order chi connectivity index (χ0) is 12.1. The zero-order valence-corrected chi connectivity index (χ0v) is 11.4. The highest BCUT2D eigenvalue weighted by Crippen LogP contribution is 2.29. The first-order valence-electron chi connectivity index (χ1n) is 6.37. The second-order valence-electron chi connectivity index (χ2n) is 4.51. The summed E-state index contributed by atoms with van der Waals surface area (Å²) in [6, 6.07) is 0.492. The van der Waals surface area contributed by atoms with Gasteiger partial charge in [0.25, 0.3) is 0 Å². The molecule has 0 amide bonds. The van der Waals surface area contributed by atoms with E-state index in [-0.39, 0.29) is 0 Å². The predicted molar refractivity (Wildman–Crippen MR) is 70.1 cm³/mol. The highest BCUT2D eigenvalue weighted by Gasteiger charge is 2.26. The molecular weight excluding hydrogens is 234 g/mol. The second-order valence-corrected chi connectivity index (χ2v) is 5.86. The molecule has 2 heterocycles. The number of aromatic nitrogens is 4. The molecular formula is C11H21N5S. The van der Waals surface area contributed by atoms with Crippen LogP contribution in [-0.4, -0.2) is 43.8 Å². The van der Waals surface area contributed by atoms with E-state index in [1.807, 2.05) is 7.05 Å². The Labute approximate surface area is 107 Å². The number of tetrazole rings is 1. The van der Waals surface area contributed by atoms with Gasteiger partial charge in [-0.25, -0.2) is 0 Å². The van der Waals surface area contributed by atoms with Crippen molar-refractivity contribution in [3.8, 4) is 0 Å². The highest BCUT2D eigenvalue weighted by molar-refractivity contribution is 8.00. The molecule has 6 heteroatoms. The van der Waals surface area contributed by atoms with Gasteiger partial charge in [0.15, 0.2) is 5.82 Å². The fraction of sp³-hybridized carbons (Fsp3) is 0.909. The zero-order valence-electron chi connectivity index (χ0n) is 10.6. The van der Waals surface area contributed by atoms with Crippen molar-refractivity contribution in [2.75, 3.05) is 12.3 Å². The van der Waals surface area contributed by atoms with Crippen LogP contribution in [0.3, 0.4) is 0 Å². The maximum atomic E-state index is 4.28. The summed E-state index contributed by atoms with van der Waals surface area (Å²) in [5, 5.41) is 16.6. The van der Waals surface area contributed by atoms with Gasteiger partial charge in [-0.2, -0.15) is 16.6 Å². The minimum absolute atomic E-state index is 0.492. The Kier molecular flexibility index (Phi) is 4.79. The molecule has 0 spiro atoms. The lowest BCUT2D eigenvalue weighted by molar-refractivity contribution is 0.473. The number of nitrogens with zero attached hydrogens (tertiary/aromatic N) is 4. The lowest BCUT2D eigenvalue weighted by atomic mass is 10.1. The van der Waals surface area contributed by atoms with Gasteiger partial charge in [-0.05, 0) is 36.8 Å². The molecule has 1 N–H and O–H groups in total. The van der Waals surface area contributed by atoms with Gasteiger partial charge in [-0.15, -0.1) is 10.2 Å². The quantitative estimate of drug-likeness (QED) is 0.822. The van der Waals surface area contributed by atoms with Gasteiger partial charge in [-0.1, -0.05) is 6.92 Å². The van der Waals surface area contributed by atoms with Gasteiger partial charge in [0.1, 0.15) is 0 Å². The van der Waals surface area contributed by atoms with Crippen molar-refractivity contribution < 1.29 is 0 Å². The first kappa shape index (κ1) is 12.8. The molecule has 0 radical (unpaired) electrons. The van der Waals surface area contributed by atoms with E-state index in [9.17, 15) is 0 Å². The third kappa shape index (κ3) is 3.67. The van der Waals surface area contributed by atoms with Gasteiger partial charge in [0.2, 0.25) is 0 Å². The maximum absolute atomic E-state index is 4.28. The molecule has 17 heavy (non-hydrogen) atoms. The monoisotopic (exact) mass is 255 g/mol. The molecule has 1 aliphatic heterocycles. The molecule has 1 aliphatic rings. The largest absolute Gasteiger partial charge is 0.312 e. The summed E-state index contributed by atoms with van der Waals surface area (Å²) in [7, 11) is 1.81. The molecule has 2 unspecified atom stereocenters. The summed E-state index contributed by atoms with van der Waals surface area (Å²) in [5.41, 5.74) is 0. The fourth-order valence-corrected chi connectivity index (χ4v) is 3.58. The topological polar surface area (TPSA) is 55.6 Å². The number of hydrogen-bond acceptors (Lipinski definition) is 5. The van der Waals surface area contributed by atoms with Crippen molar-refractivity contribution in [2.45, 2.75) is 43.9 Å². The molecule has 1 fully saturated rings. The number of rotatable bonds is 6. The Morgan fingerprint density at radius 3 is 3.06 bits per heavy atom. The third-order valence-electron chi connectivity index (χ3n) is 3.02. The van der Waals surface area contributed by atoms with Gasteiger partial charge < -0.3 is 5.32 Å². The van der Waals surface area contributed by atoms with Crippen LogP contribution in [0.5, 0.6) is 0 Å². The molecule has 0 aliphatic carbocycles. The normalized spacial score (nSPS) is 21.9. The van der Waals surface area contributed by atoms with Crippen LogP contribution in [0.2, 0.25) is 0 Å². The number of thioether (sulfide) groups is 1. The predicted octanol–water partition coefficient (Wildman–Crippen LogP) is 1.02. The lowest BCUT2D eigenvalue weighted by Gasteiger charge is -2.22. The standard InChI is InChI=1S/C11H21N5S/c1-3-6-12-9(10-5-4-7-17-10)8-11-13-15-16(2)14-11/h9-10,12H,3-8H2,1-2H3. The van der Waals surface area contributed by atoms with Crippen LogP contribution < -0.4 is 5.32 Å². The van der Waals surface area contributed by atoms with Crippen molar-refractivity contribution in [3.63, 3.8) is 0 Å². The number of hydrogen-bond donors (Lipinski definition) is 1. The Morgan fingerprint density at radius 2 is 2.47 bits per heavy atom. The molecule has 0 aromatic carbocycles. The summed E-state index contributed by atoms with van der Waals surface area (Å²) < 4.78 is 0. The van der Waals surface area contributed by atoms with Gasteiger partial charge in [-0.3, -0.25) is 0 Å². The summed E-state index contributed by atoms with van der Waals surface area (Å²) in [4.78, 5) is 1.54. The maximum Gasteiger partial charge on any atom is 0.176 e. The van der Waals surface area contributed by atoms with Crippen molar-refractivity contribution in [1.82, 2.24) is 25.5 Å². The Balaban J connectivity index is 1.94. The summed E-state index contributed by atoms with van der Waals surface area (Å²) in [6.07, 6.45) is 4.72. The Morgan fingerprint density at radius 1 is 1.59 bits per heavy atom. The molecule has 96 valence electrons. The van der Waals surface area contributed by atoms with Crippen LogP contribution in [-0.2, 0) is 13.5 Å². The van der Waals surface area contributed by atoms with E-state index in [4.69, 9.17) is 0 Å². The average molecular weight is 255 g/mol. The molecule has 1 saturated heterocycles. The average Bonchev–Trinajstić information content (AvgIpc) is 2.95. The molecule has 1 aromatic heterocycles. The molecule has 1 aromatic rings. The first-order valence-corrected chi connectivity index (χ1v) is 7.42. The van der Waals surface area contributed by atoms with Crippen LogP contribution in [0.4, 0.5) is 0 Å². The molecule has 5 nitrogen and oxygen atoms in total. The van der Waals surface area contributed by atoms with Gasteiger partial charge in [0.05, 0.1) is 7.05 Å². The van der Waals surface area contributed by atoms with E-state index >= 15 is 0 Å². The van der Waals surface area contributed by atoms with Crippen LogP contribution in [0.15, 0.2) is 0 Å². The smallest absolute Gasteiger partial charge is 0.176 e. The number of aryl methyl sites for hydroxylation is 1. The summed E-state index contributed by atoms with van der Waals surface area (Å²) >= 11 is 2.08. The minimum atomic E-state index is 0.492. The van der Waals surface area contributed by atoms with Crippen LogP contribution >= 0.6 is 11.8 Å². The van der Waals surface area contributed by atoms with Crippen molar-refractivity contribution in [3.05, 3.63) is 5.82 Å². The SMILES string of the molecule is CCCNC(Cc1nnn(C)n1)C1CCCS1. The third-order valence-corrected chi connectivity index (χ3v) is 4.54. The van der Waals surface area contributed by atoms with E-state index in [2.05, 4.69) is 39.4 Å². The molecule has 2 rings (SSSR count). The van der Waals surface area contributed by atoms with Crippen LogP contribution in [0, 0.1) is 0 Å². The van der Waals surface area contributed by atoms with Gasteiger partial charge in [0, 0.05) is 17.7 Å². The van der Waals surface area contributed by atoms with E-state index in [0.29, 0.717) is 11.3 Å². The molecule has 0 bridgehead atoms. The Hall–Kier alpha value is -0.620. The summed E-state index contributed by atoms with van der Waals surface area (Å²) in [5.74, 6) is 2.15. The van der Waals surface area contributed by atoms with Crippen molar-refractivity contribution in [2.24, 2.45) is 7.05 Å². The highest BCUT2D eigenvalue weighted by atomic mass is 32.2. The van der Waals surface area contributed by atoms with E-state index < -0.39 is 0 Å².